The van der Waals surface area contributed by atoms with Crippen molar-refractivity contribution in [3.63, 3.8) is 0 Å². The van der Waals surface area contributed by atoms with E-state index in [1.165, 1.54) is 16.9 Å². The van der Waals surface area contributed by atoms with Crippen molar-refractivity contribution in [3.8, 4) is 11.3 Å². The zero-order chi connectivity index (χ0) is 19.0. The van der Waals surface area contributed by atoms with Crippen molar-refractivity contribution in [1.82, 2.24) is 15.0 Å². The number of rotatable bonds is 7. The van der Waals surface area contributed by atoms with E-state index in [0.717, 1.165) is 44.9 Å². The first-order valence-corrected chi connectivity index (χ1v) is 10.9. The second-order valence-electron chi connectivity index (χ2n) is 6.60. The minimum Gasteiger partial charge on any atom is -0.393 e. The number of anilines is 2. The molecule has 0 aromatic carbocycles. The first-order valence-electron chi connectivity index (χ1n) is 8.78. The van der Waals surface area contributed by atoms with Crippen LogP contribution in [0.4, 0.5) is 11.6 Å². The molecule has 27 heavy (non-hydrogen) atoms. The zero-order valence-corrected chi connectivity index (χ0v) is 16.6. The number of ether oxygens (including phenoxy) is 1. The van der Waals surface area contributed by atoms with Gasteiger partial charge in [0.2, 0.25) is 5.95 Å². The van der Waals surface area contributed by atoms with Gasteiger partial charge >= 0.3 is 0 Å². The average molecular weight is 405 g/mol. The van der Waals surface area contributed by atoms with Gasteiger partial charge in [-0.25, -0.2) is 15.0 Å². The fourth-order valence-corrected chi connectivity index (χ4v) is 5.74. The maximum Gasteiger partial charge on any atom is 0.269 e. The topological polar surface area (TPSA) is 120 Å². The second kappa shape index (κ2) is 7.59. The summed E-state index contributed by atoms with van der Waals surface area (Å²) < 4.78 is 16.5. The molecule has 3 aromatic heterocycles. The lowest BCUT2D eigenvalue weighted by atomic mass is 10.0. The van der Waals surface area contributed by atoms with Crippen molar-refractivity contribution in [2.75, 3.05) is 30.9 Å². The van der Waals surface area contributed by atoms with Crippen LogP contribution in [0.25, 0.3) is 21.5 Å². The fourth-order valence-electron chi connectivity index (χ4n) is 3.07. The molecule has 1 unspecified atom stereocenters. The number of nitrogens with two attached hydrogens (primary N) is 2. The minimum atomic E-state index is -0.902. The van der Waals surface area contributed by atoms with Gasteiger partial charge in [0.05, 0.1) is 12.3 Å². The maximum atomic E-state index is 10.6. The van der Waals surface area contributed by atoms with Gasteiger partial charge in [-0.2, -0.15) is 4.55 Å². The summed E-state index contributed by atoms with van der Waals surface area (Å²) in [7, 11) is 1.66. The van der Waals surface area contributed by atoms with Gasteiger partial charge in [-0.05, 0) is 30.4 Å². The van der Waals surface area contributed by atoms with E-state index in [4.69, 9.17) is 21.2 Å². The first kappa shape index (κ1) is 18.4. The number of nitrogens with zero attached hydrogens (tertiary/aromatic N) is 3. The molecule has 1 saturated carbocycles. The molecule has 1 aliphatic rings. The van der Waals surface area contributed by atoms with Gasteiger partial charge in [0.25, 0.3) is 4.21 Å². The molecule has 1 fully saturated rings. The number of thiophene rings is 1. The van der Waals surface area contributed by atoms with Gasteiger partial charge in [0.1, 0.15) is 16.3 Å². The van der Waals surface area contributed by atoms with E-state index < -0.39 is 11.2 Å². The summed E-state index contributed by atoms with van der Waals surface area (Å²) in [5.41, 5.74) is 15.6. The molecule has 5 N–H and O–H groups in total. The quantitative estimate of drug-likeness (QED) is 0.408. The molecule has 7 nitrogen and oxygen atoms in total. The molecular formula is C18H22N5O2S2+. The number of methoxy groups -OCH3 is 1. The van der Waals surface area contributed by atoms with Gasteiger partial charge in [0, 0.05) is 36.9 Å². The van der Waals surface area contributed by atoms with Crippen molar-refractivity contribution in [2.24, 2.45) is 0 Å². The monoisotopic (exact) mass is 404 g/mol. The van der Waals surface area contributed by atoms with Crippen LogP contribution >= 0.6 is 11.3 Å². The van der Waals surface area contributed by atoms with Crippen LogP contribution in [-0.4, -0.2) is 39.0 Å². The average Bonchev–Trinajstić information content (AvgIpc) is 3.46. The molecule has 3 aromatic rings. The molecule has 0 bridgehead atoms. The standard InChI is InChI=1S/C18H22N5O2S2/c1-25-5-2-6-27(24)17-15(19)14-12(10-3-4-10)7-13(23-16(14)26-17)11-8-21-18(20)22-9-11/h7-10,24H,2-6,19H2,1H3,(H2,20,21,22)/q+1. The third-order valence-electron chi connectivity index (χ3n) is 4.58. The Labute approximate surface area is 164 Å². The van der Waals surface area contributed by atoms with Crippen LogP contribution in [0, 0.1) is 0 Å². The lowest BCUT2D eigenvalue weighted by Gasteiger charge is -2.06. The summed E-state index contributed by atoms with van der Waals surface area (Å²) >= 11 is 0.579. The molecule has 0 amide bonds. The van der Waals surface area contributed by atoms with E-state index in [1.54, 1.807) is 19.5 Å². The summed E-state index contributed by atoms with van der Waals surface area (Å²) in [6, 6.07) is 2.09. The Bertz CT molecular complexity index is 957. The van der Waals surface area contributed by atoms with Gasteiger partial charge in [-0.3, -0.25) is 0 Å². The molecular weight excluding hydrogens is 382 g/mol. The Morgan fingerprint density at radius 1 is 1.30 bits per heavy atom. The molecule has 0 radical (unpaired) electrons. The van der Waals surface area contributed by atoms with Crippen molar-refractivity contribution in [3.05, 3.63) is 24.0 Å². The van der Waals surface area contributed by atoms with Crippen LogP contribution in [-0.2, 0) is 15.9 Å². The third-order valence-corrected chi connectivity index (χ3v) is 7.62. The van der Waals surface area contributed by atoms with Crippen LogP contribution in [0.5, 0.6) is 0 Å². The van der Waals surface area contributed by atoms with E-state index in [9.17, 15) is 4.55 Å². The highest BCUT2D eigenvalue weighted by Crippen LogP contribution is 2.48. The molecule has 9 heteroatoms. The highest BCUT2D eigenvalue weighted by Gasteiger charge is 2.33. The van der Waals surface area contributed by atoms with E-state index in [-0.39, 0.29) is 5.95 Å². The van der Waals surface area contributed by atoms with Crippen LogP contribution < -0.4 is 11.5 Å². The summed E-state index contributed by atoms with van der Waals surface area (Å²) in [5.74, 6) is 1.38. The molecule has 0 aliphatic heterocycles. The predicted octanol–water partition coefficient (Wildman–Crippen LogP) is 3.28. The highest BCUT2D eigenvalue weighted by atomic mass is 32.2. The molecule has 0 saturated heterocycles. The maximum absolute atomic E-state index is 10.6. The summed E-state index contributed by atoms with van der Waals surface area (Å²) in [5, 5.41) is 0.996. The van der Waals surface area contributed by atoms with Crippen LogP contribution in [0.3, 0.4) is 0 Å². The van der Waals surface area contributed by atoms with Crippen molar-refractivity contribution >= 4 is 44.4 Å². The van der Waals surface area contributed by atoms with Crippen LogP contribution in [0.15, 0.2) is 22.7 Å². The smallest absolute Gasteiger partial charge is 0.269 e. The lowest BCUT2D eigenvalue weighted by molar-refractivity contribution is 0.199. The highest BCUT2D eigenvalue weighted by molar-refractivity contribution is 7.93. The zero-order valence-electron chi connectivity index (χ0n) is 15.0. The molecule has 0 spiro atoms. The van der Waals surface area contributed by atoms with Gasteiger partial charge < -0.3 is 16.2 Å². The van der Waals surface area contributed by atoms with E-state index in [0.29, 0.717) is 24.0 Å². The van der Waals surface area contributed by atoms with Crippen molar-refractivity contribution in [1.29, 1.82) is 0 Å². The normalized spacial score (nSPS) is 15.3. The number of hydrogen-bond donors (Lipinski definition) is 3. The van der Waals surface area contributed by atoms with Crippen molar-refractivity contribution in [2.45, 2.75) is 29.4 Å². The molecule has 3 heterocycles. The van der Waals surface area contributed by atoms with E-state index in [1.807, 2.05) is 0 Å². The molecule has 1 atom stereocenters. The number of aromatic nitrogens is 3. The van der Waals surface area contributed by atoms with Crippen molar-refractivity contribution < 1.29 is 9.29 Å². The van der Waals surface area contributed by atoms with Crippen LogP contribution in [0.2, 0.25) is 0 Å². The van der Waals surface area contributed by atoms with Gasteiger partial charge in [0.15, 0.2) is 11.2 Å². The third kappa shape index (κ3) is 3.73. The molecule has 4 rings (SSSR count). The van der Waals surface area contributed by atoms with Gasteiger partial charge in [-0.15, -0.1) is 0 Å². The summed E-state index contributed by atoms with van der Waals surface area (Å²) in [6.45, 7) is 0.627. The minimum absolute atomic E-state index is 0.241. The Balaban J connectivity index is 1.77. The lowest BCUT2D eigenvalue weighted by Crippen LogP contribution is -2.08. The number of fused-ring (bicyclic) bond motifs is 1. The van der Waals surface area contributed by atoms with E-state index in [2.05, 4.69) is 16.0 Å². The molecule has 1 aliphatic carbocycles. The first-order chi connectivity index (χ1) is 13.1. The second-order valence-corrected chi connectivity index (χ2v) is 9.40. The fraction of sp³-hybridized carbons (Fsp3) is 0.389. The predicted molar refractivity (Wildman–Crippen MR) is 111 cm³/mol. The summed E-state index contributed by atoms with van der Waals surface area (Å²) in [6.07, 6.45) is 6.47. The van der Waals surface area contributed by atoms with Gasteiger partial charge in [-0.1, -0.05) is 11.3 Å². The number of nitrogen functional groups attached to an aromatic ring is 2. The number of pyridine rings is 1. The Kier molecular flexibility index (Phi) is 5.18. The Hall–Kier alpha value is -1.94. The Morgan fingerprint density at radius 3 is 2.70 bits per heavy atom. The SMILES string of the molecule is COCCC[S+](O)c1sc2nc(-c3cnc(N)nc3)cc(C3CC3)c2c1N. The molecule has 142 valence electrons. The summed E-state index contributed by atoms with van der Waals surface area (Å²) in [4.78, 5) is 13.8. The largest absolute Gasteiger partial charge is 0.393 e. The number of hydrogen-bond acceptors (Lipinski definition) is 8. The van der Waals surface area contributed by atoms with E-state index >= 15 is 0 Å². The van der Waals surface area contributed by atoms with Crippen LogP contribution in [0.1, 0.15) is 30.7 Å². The Morgan fingerprint density at radius 2 is 2.04 bits per heavy atom.